The van der Waals surface area contributed by atoms with E-state index >= 15 is 0 Å². The fourth-order valence-electron chi connectivity index (χ4n) is 2.75. The molecule has 2 heterocycles. The Morgan fingerprint density at radius 3 is 2.78 bits per heavy atom. The minimum Gasteiger partial charge on any atom is -0.363 e. The van der Waals surface area contributed by atoms with Crippen LogP contribution in [0.3, 0.4) is 0 Å². The molecule has 1 aromatic carbocycles. The summed E-state index contributed by atoms with van der Waals surface area (Å²) in [6.07, 6.45) is 4.30. The van der Waals surface area contributed by atoms with Gasteiger partial charge in [0.1, 0.15) is 0 Å². The summed E-state index contributed by atoms with van der Waals surface area (Å²) in [6.45, 7) is 3.36. The predicted octanol–water partition coefficient (Wildman–Crippen LogP) is 3.60. The summed E-state index contributed by atoms with van der Waals surface area (Å²) >= 11 is 0. The number of fused-ring (bicyclic) bond motifs is 1. The topological polar surface area (TPSA) is 16.1 Å². The number of aromatic nitrogens is 1. The lowest BCUT2D eigenvalue weighted by molar-refractivity contribution is 0.605. The lowest BCUT2D eigenvalue weighted by Crippen LogP contribution is -2.32. The molecule has 1 atom stereocenters. The molecule has 1 aliphatic rings. The number of rotatable bonds is 2. The quantitative estimate of drug-likeness (QED) is 0.794. The number of aryl methyl sites for hydroxylation is 1. The van der Waals surface area contributed by atoms with E-state index in [1.165, 1.54) is 24.1 Å². The lowest BCUT2D eigenvalue weighted by atomic mass is 9.99. The van der Waals surface area contributed by atoms with Gasteiger partial charge in [0.15, 0.2) is 0 Å². The first-order chi connectivity index (χ1) is 8.86. The number of anilines is 1. The molecule has 0 aliphatic carbocycles. The molecule has 0 fully saturated rings. The molecule has 0 amide bonds. The molecule has 18 heavy (non-hydrogen) atoms. The van der Waals surface area contributed by atoms with Gasteiger partial charge in [0, 0.05) is 18.4 Å². The maximum absolute atomic E-state index is 4.49. The second-order valence-electron chi connectivity index (χ2n) is 4.86. The molecule has 0 N–H and O–H groups in total. The fourth-order valence-corrected chi connectivity index (χ4v) is 2.75. The van der Waals surface area contributed by atoms with Gasteiger partial charge in [0.05, 0.1) is 11.7 Å². The summed E-state index contributed by atoms with van der Waals surface area (Å²) in [5.41, 5.74) is 3.99. The molecule has 2 heteroatoms. The predicted molar refractivity (Wildman–Crippen MR) is 74.8 cm³/mol. The van der Waals surface area contributed by atoms with Gasteiger partial charge in [0.25, 0.3) is 0 Å². The van der Waals surface area contributed by atoms with Gasteiger partial charge in [-0.2, -0.15) is 0 Å². The first-order valence-corrected chi connectivity index (χ1v) is 6.62. The Morgan fingerprint density at radius 1 is 1.11 bits per heavy atom. The molecule has 92 valence electrons. The Hall–Kier alpha value is -1.83. The first kappa shape index (κ1) is 11.3. The van der Waals surface area contributed by atoms with E-state index in [1.54, 1.807) is 0 Å². The number of hydrogen-bond donors (Lipinski definition) is 0. The molecule has 0 saturated heterocycles. The van der Waals surface area contributed by atoms with Crippen molar-refractivity contribution in [3.05, 3.63) is 59.9 Å². The van der Waals surface area contributed by atoms with Crippen molar-refractivity contribution in [1.82, 2.24) is 4.98 Å². The highest BCUT2D eigenvalue weighted by molar-refractivity contribution is 5.56. The normalized spacial score (nSPS) is 16.2. The summed E-state index contributed by atoms with van der Waals surface area (Å²) in [6, 6.07) is 15.2. The molecule has 3 rings (SSSR count). The average Bonchev–Trinajstić information content (AvgIpc) is 2.47. The number of pyridine rings is 1. The molecule has 0 radical (unpaired) electrons. The van der Waals surface area contributed by atoms with Gasteiger partial charge in [-0.05, 0) is 43.5 Å². The zero-order valence-corrected chi connectivity index (χ0v) is 10.7. The van der Waals surface area contributed by atoms with E-state index in [4.69, 9.17) is 0 Å². The van der Waals surface area contributed by atoms with Gasteiger partial charge >= 0.3 is 0 Å². The molecule has 2 nitrogen and oxygen atoms in total. The lowest BCUT2D eigenvalue weighted by Gasteiger charge is -2.36. The molecule has 0 unspecified atom stereocenters. The summed E-state index contributed by atoms with van der Waals surface area (Å²) < 4.78 is 0. The van der Waals surface area contributed by atoms with E-state index in [0.717, 1.165) is 12.2 Å². The van der Waals surface area contributed by atoms with Crippen molar-refractivity contribution < 1.29 is 0 Å². The summed E-state index contributed by atoms with van der Waals surface area (Å²) in [7, 11) is 0. The maximum atomic E-state index is 4.49. The van der Waals surface area contributed by atoms with Crippen molar-refractivity contribution in [3.63, 3.8) is 0 Å². The summed E-state index contributed by atoms with van der Waals surface area (Å²) in [5.74, 6) is 0. The van der Waals surface area contributed by atoms with Gasteiger partial charge in [0.2, 0.25) is 0 Å². The number of para-hydroxylation sites is 1. The van der Waals surface area contributed by atoms with Gasteiger partial charge in [-0.15, -0.1) is 0 Å². The van der Waals surface area contributed by atoms with Crippen molar-refractivity contribution in [2.45, 2.75) is 25.8 Å². The van der Waals surface area contributed by atoms with E-state index in [9.17, 15) is 0 Å². The number of nitrogens with zero attached hydrogens (tertiary/aromatic N) is 2. The minimum absolute atomic E-state index is 0.340. The van der Waals surface area contributed by atoms with Crippen LogP contribution in [0.15, 0.2) is 48.7 Å². The van der Waals surface area contributed by atoms with Crippen LogP contribution in [0.5, 0.6) is 0 Å². The molecule has 0 spiro atoms. The highest BCUT2D eigenvalue weighted by Crippen LogP contribution is 2.32. The van der Waals surface area contributed by atoms with Crippen LogP contribution in [-0.4, -0.2) is 11.5 Å². The molecule has 0 bridgehead atoms. The Kier molecular flexibility index (Phi) is 3.01. The fraction of sp³-hybridized carbons (Fsp3) is 0.312. The van der Waals surface area contributed by atoms with Crippen LogP contribution in [0.2, 0.25) is 0 Å². The third kappa shape index (κ3) is 1.99. The zero-order valence-electron chi connectivity index (χ0n) is 10.7. The average molecular weight is 238 g/mol. The van der Waals surface area contributed by atoms with Crippen molar-refractivity contribution in [2.24, 2.45) is 0 Å². The van der Waals surface area contributed by atoms with E-state index < -0.39 is 0 Å². The van der Waals surface area contributed by atoms with Gasteiger partial charge in [-0.25, -0.2) is 0 Å². The highest BCUT2D eigenvalue weighted by Gasteiger charge is 2.22. The zero-order chi connectivity index (χ0) is 12.4. The Morgan fingerprint density at radius 2 is 1.94 bits per heavy atom. The number of hydrogen-bond acceptors (Lipinski definition) is 2. The third-order valence-corrected chi connectivity index (χ3v) is 3.73. The Labute approximate surface area is 108 Å². The monoisotopic (exact) mass is 238 g/mol. The van der Waals surface area contributed by atoms with Crippen LogP contribution in [0.25, 0.3) is 0 Å². The molecule has 2 aromatic rings. The molecule has 1 aromatic heterocycles. The Balaban J connectivity index is 1.94. The first-order valence-electron chi connectivity index (χ1n) is 6.62. The smallest absolute Gasteiger partial charge is 0.0685 e. The largest absolute Gasteiger partial charge is 0.363 e. The molecule has 0 saturated carbocycles. The molecule has 1 aliphatic heterocycles. The van der Waals surface area contributed by atoms with Gasteiger partial charge < -0.3 is 4.90 Å². The van der Waals surface area contributed by atoms with E-state index in [2.05, 4.69) is 53.2 Å². The maximum Gasteiger partial charge on any atom is 0.0685 e. The van der Waals surface area contributed by atoms with E-state index in [-0.39, 0.29) is 0 Å². The summed E-state index contributed by atoms with van der Waals surface area (Å²) in [5, 5.41) is 0. The van der Waals surface area contributed by atoms with E-state index in [0.29, 0.717) is 6.04 Å². The van der Waals surface area contributed by atoms with Crippen LogP contribution >= 0.6 is 0 Å². The van der Waals surface area contributed by atoms with Crippen molar-refractivity contribution in [1.29, 1.82) is 0 Å². The number of benzene rings is 1. The highest BCUT2D eigenvalue weighted by atomic mass is 15.2. The second-order valence-corrected chi connectivity index (χ2v) is 4.86. The third-order valence-electron chi connectivity index (χ3n) is 3.73. The van der Waals surface area contributed by atoms with Crippen molar-refractivity contribution in [2.75, 3.05) is 11.4 Å². The van der Waals surface area contributed by atoms with Crippen LogP contribution in [0.1, 0.15) is 30.6 Å². The van der Waals surface area contributed by atoms with Crippen LogP contribution in [0.4, 0.5) is 5.69 Å². The molecular formula is C16H18N2. The SMILES string of the molecule is C[C@@H](c1ccccn1)N1CCCc2ccccc21. The second kappa shape index (κ2) is 4.81. The Bertz CT molecular complexity index is 522. The van der Waals surface area contributed by atoms with Crippen molar-refractivity contribution >= 4 is 5.69 Å². The van der Waals surface area contributed by atoms with Gasteiger partial charge in [-0.1, -0.05) is 24.3 Å². The van der Waals surface area contributed by atoms with Crippen LogP contribution in [0, 0.1) is 0 Å². The van der Waals surface area contributed by atoms with Crippen LogP contribution in [-0.2, 0) is 6.42 Å². The van der Waals surface area contributed by atoms with E-state index in [1.807, 2.05) is 12.3 Å². The minimum atomic E-state index is 0.340. The van der Waals surface area contributed by atoms with Gasteiger partial charge in [-0.3, -0.25) is 4.98 Å². The molecular weight excluding hydrogens is 220 g/mol. The van der Waals surface area contributed by atoms with Crippen molar-refractivity contribution in [3.8, 4) is 0 Å². The summed E-state index contributed by atoms with van der Waals surface area (Å²) in [4.78, 5) is 6.96. The standard InChI is InChI=1S/C16H18N2/c1-13(15-9-4-5-11-17-15)18-12-6-8-14-7-2-3-10-16(14)18/h2-5,7,9-11,13H,6,8,12H2,1H3/t13-/m0/s1. The van der Waals surface area contributed by atoms with Crippen LogP contribution < -0.4 is 4.90 Å².